The van der Waals surface area contributed by atoms with Crippen LogP contribution in [0, 0.1) is 6.92 Å². The normalized spacial score (nSPS) is 18.7. The van der Waals surface area contributed by atoms with Crippen LogP contribution in [0.4, 0.5) is 10.5 Å². The van der Waals surface area contributed by atoms with E-state index in [-0.39, 0.29) is 11.9 Å². The molecule has 0 atom stereocenters. The summed E-state index contributed by atoms with van der Waals surface area (Å²) in [5.41, 5.74) is 1.69. The fourth-order valence-electron chi connectivity index (χ4n) is 3.46. The highest BCUT2D eigenvalue weighted by Gasteiger charge is 2.23. The minimum absolute atomic E-state index is 0.113. The topological polar surface area (TPSA) is 55.9 Å². The lowest BCUT2D eigenvalue weighted by Gasteiger charge is -2.24. The van der Waals surface area contributed by atoms with Crippen molar-refractivity contribution in [2.24, 2.45) is 0 Å². The molecular formula is C19H27ClN4O2. The third-order valence-corrected chi connectivity index (χ3v) is 5.52. The number of aryl methyl sites for hydroxylation is 1. The van der Waals surface area contributed by atoms with Gasteiger partial charge >= 0.3 is 6.03 Å². The number of nitrogens with zero attached hydrogens (tertiary/aromatic N) is 3. The highest BCUT2D eigenvalue weighted by Crippen LogP contribution is 2.20. The van der Waals surface area contributed by atoms with E-state index in [0.717, 1.165) is 51.0 Å². The molecule has 2 heterocycles. The fourth-order valence-corrected chi connectivity index (χ4v) is 3.64. The van der Waals surface area contributed by atoms with E-state index >= 15 is 0 Å². The summed E-state index contributed by atoms with van der Waals surface area (Å²) in [5, 5.41) is 3.56. The molecule has 0 radical (unpaired) electrons. The fraction of sp³-hybridized carbons (Fsp3) is 0.579. The van der Waals surface area contributed by atoms with Crippen LogP contribution in [0.2, 0.25) is 5.02 Å². The molecule has 0 spiro atoms. The van der Waals surface area contributed by atoms with Crippen LogP contribution >= 0.6 is 11.6 Å². The van der Waals surface area contributed by atoms with Gasteiger partial charge < -0.3 is 15.1 Å². The SMILES string of the molecule is Cc1ccc(NC(=O)N2CCCN(CC(=O)N3CCCC3)CC2)cc1Cl. The number of anilines is 1. The lowest BCUT2D eigenvalue weighted by Crippen LogP contribution is -2.41. The highest BCUT2D eigenvalue weighted by molar-refractivity contribution is 6.31. The van der Waals surface area contributed by atoms with Crippen molar-refractivity contribution in [3.63, 3.8) is 0 Å². The van der Waals surface area contributed by atoms with Crippen molar-refractivity contribution in [2.45, 2.75) is 26.2 Å². The number of benzene rings is 1. The maximum atomic E-state index is 12.5. The lowest BCUT2D eigenvalue weighted by molar-refractivity contribution is -0.131. The largest absolute Gasteiger partial charge is 0.342 e. The Morgan fingerprint density at radius 1 is 1.00 bits per heavy atom. The van der Waals surface area contributed by atoms with Gasteiger partial charge in [-0.25, -0.2) is 4.79 Å². The number of urea groups is 1. The number of hydrogen-bond acceptors (Lipinski definition) is 3. The second-order valence-corrected chi connectivity index (χ2v) is 7.51. The summed E-state index contributed by atoms with van der Waals surface area (Å²) in [5.74, 6) is 0.217. The van der Waals surface area contributed by atoms with Gasteiger partial charge in [0.1, 0.15) is 0 Å². The predicted molar refractivity (Wildman–Crippen MR) is 104 cm³/mol. The zero-order valence-electron chi connectivity index (χ0n) is 15.3. The third-order valence-electron chi connectivity index (χ3n) is 5.12. The molecule has 2 fully saturated rings. The highest BCUT2D eigenvalue weighted by atomic mass is 35.5. The minimum atomic E-state index is -0.113. The molecule has 0 aromatic heterocycles. The molecule has 7 heteroatoms. The van der Waals surface area contributed by atoms with Gasteiger partial charge in [-0.3, -0.25) is 9.69 Å². The molecule has 3 rings (SSSR count). The Hall–Kier alpha value is -1.79. The van der Waals surface area contributed by atoms with E-state index in [0.29, 0.717) is 30.3 Å². The number of carbonyl (C=O) groups excluding carboxylic acids is 2. The van der Waals surface area contributed by atoms with Gasteiger partial charge in [-0.2, -0.15) is 0 Å². The van der Waals surface area contributed by atoms with Crippen molar-refractivity contribution in [1.29, 1.82) is 0 Å². The maximum absolute atomic E-state index is 12.5. The van der Waals surface area contributed by atoms with E-state index in [1.807, 2.05) is 28.9 Å². The van der Waals surface area contributed by atoms with Crippen LogP contribution in [0.5, 0.6) is 0 Å². The molecule has 2 saturated heterocycles. The standard InChI is InChI=1S/C19H27ClN4O2/c1-15-5-6-16(13-17(15)20)21-19(26)24-10-4-7-22(11-12-24)14-18(25)23-8-2-3-9-23/h5-6,13H,2-4,7-12,14H2,1H3,(H,21,26). The summed E-state index contributed by atoms with van der Waals surface area (Å²) >= 11 is 6.12. The van der Waals surface area contributed by atoms with E-state index < -0.39 is 0 Å². The molecule has 1 aromatic rings. The summed E-state index contributed by atoms with van der Waals surface area (Å²) in [6.07, 6.45) is 3.10. The summed E-state index contributed by atoms with van der Waals surface area (Å²) in [6, 6.07) is 5.41. The van der Waals surface area contributed by atoms with Crippen LogP contribution in [-0.2, 0) is 4.79 Å². The van der Waals surface area contributed by atoms with Gasteiger partial charge in [0.05, 0.1) is 6.54 Å². The van der Waals surface area contributed by atoms with Gasteiger partial charge in [0, 0.05) is 50.0 Å². The maximum Gasteiger partial charge on any atom is 0.321 e. The molecule has 0 saturated carbocycles. The Morgan fingerprint density at radius 3 is 2.46 bits per heavy atom. The first-order chi connectivity index (χ1) is 12.5. The number of rotatable bonds is 3. The first-order valence-electron chi connectivity index (χ1n) is 9.35. The van der Waals surface area contributed by atoms with Gasteiger partial charge in [-0.15, -0.1) is 0 Å². The number of carbonyl (C=O) groups is 2. The van der Waals surface area contributed by atoms with Gasteiger partial charge in [0.25, 0.3) is 0 Å². The monoisotopic (exact) mass is 378 g/mol. The molecule has 0 bridgehead atoms. The summed E-state index contributed by atoms with van der Waals surface area (Å²) in [4.78, 5) is 30.8. The molecule has 1 aromatic carbocycles. The van der Waals surface area contributed by atoms with Crippen molar-refractivity contribution in [3.05, 3.63) is 28.8 Å². The molecular weight excluding hydrogens is 352 g/mol. The number of likely N-dealkylation sites (tertiary alicyclic amines) is 1. The molecule has 6 nitrogen and oxygen atoms in total. The average Bonchev–Trinajstić information content (AvgIpc) is 3.06. The van der Waals surface area contributed by atoms with Crippen LogP contribution in [-0.4, -0.2) is 72.5 Å². The van der Waals surface area contributed by atoms with Crippen LogP contribution in [0.1, 0.15) is 24.8 Å². The first-order valence-corrected chi connectivity index (χ1v) is 9.73. The van der Waals surface area contributed by atoms with E-state index in [1.165, 1.54) is 0 Å². The number of amides is 3. The van der Waals surface area contributed by atoms with Gasteiger partial charge in [0.15, 0.2) is 0 Å². The third kappa shape index (κ3) is 4.89. The molecule has 0 unspecified atom stereocenters. The summed E-state index contributed by atoms with van der Waals surface area (Å²) in [6.45, 7) is 7.06. The molecule has 3 amide bonds. The Bertz CT molecular complexity index is 661. The number of hydrogen-bond donors (Lipinski definition) is 1. The minimum Gasteiger partial charge on any atom is -0.342 e. The van der Waals surface area contributed by atoms with E-state index in [1.54, 1.807) is 6.07 Å². The Morgan fingerprint density at radius 2 is 1.73 bits per heavy atom. The lowest BCUT2D eigenvalue weighted by atomic mass is 10.2. The first kappa shape index (κ1) is 19.0. The smallest absolute Gasteiger partial charge is 0.321 e. The summed E-state index contributed by atoms with van der Waals surface area (Å²) < 4.78 is 0. The molecule has 0 aliphatic carbocycles. The zero-order valence-corrected chi connectivity index (χ0v) is 16.1. The molecule has 142 valence electrons. The van der Waals surface area contributed by atoms with Crippen LogP contribution in [0.15, 0.2) is 18.2 Å². The van der Waals surface area contributed by atoms with E-state index in [2.05, 4.69) is 10.2 Å². The van der Waals surface area contributed by atoms with Crippen LogP contribution in [0.3, 0.4) is 0 Å². The Kier molecular flexibility index (Phi) is 6.38. The van der Waals surface area contributed by atoms with Gasteiger partial charge in [-0.1, -0.05) is 17.7 Å². The van der Waals surface area contributed by atoms with Crippen molar-refractivity contribution in [3.8, 4) is 0 Å². The van der Waals surface area contributed by atoms with E-state index in [4.69, 9.17) is 11.6 Å². The van der Waals surface area contributed by atoms with E-state index in [9.17, 15) is 9.59 Å². The molecule has 26 heavy (non-hydrogen) atoms. The van der Waals surface area contributed by atoms with Crippen molar-refractivity contribution >= 4 is 29.2 Å². The number of halogens is 1. The van der Waals surface area contributed by atoms with Crippen LogP contribution < -0.4 is 5.32 Å². The second-order valence-electron chi connectivity index (χ2n) is 7.10. The van der Waals surface area contributed by atoms with Gasteiger partial charge in [-0.05, 0) is 43.9 Å². The Balaban J connectivity index is 1.50. The molecule has 1 N–H and O–H groups in total. The predicted octanol–water partition coefficient (Wildman–Crippen LogP) is 2.81. The van der Waals surface area contributed by atoms with Gasteiger partial charge in [0.2, 0.25) is 5.91 Å². The molecule has 2 aliphatic heterocycles. The Labute approximate surface area is 160 Å². The van der Waals surface area contributed by atoms with Crippen molar-refractivity contribution in [2.75, 3.05) is 51.1 Å². The quantitative estimate of drug-likeness (QED) is 0.879. The number of nitrogens with one attached hydrogen (secondary N) is 1. The van der Waals surface area contributed by atoms with Crippen molar-refractivity contribution in [1.82, 2.24) is 14.7 Å². The molecule has 2 aliphatic rings. The van der Waals surface area contributed by atoms with Crippen molar-refractivity contribution < 1.29 is 9.59 Å². The van der Waals surface area contributed by atoms with Crippen LogP contribution in [0.25, 0.3) is 0 Å². The average molecular weight is 379 g/mol. The summed E-state index contributed by atoms with van der Waals surface area (Å²) in [7, 11) is 0. The second kappa shape index (κ2) is 8.73. The zero-order chi connectivity index (χ0) is 18.5.